The van der Waals surface area contributed by atoms with Gasteiger partial charge >= 0.3 is 0 Å². The minimum absolute atomic E-state index is 0.244. The number of aliphatic hydroxyl groups excluding tert-OH is 8. The molecule has 2 rings (SSSR count). The zero-order valence-corrected chi connectivity index (χ0v) is 52.8. The van der Waals surface area contributed by atoms with E-state index < -0.39 is 86.8 Å². The van der Waals surface area contributed by atoms with Crippen LogP contribution in [0.2, 0.25) is 0 Å². The Bertz CT molecular complexity index is 1840. The number of unbranched alkanes of at least 4 members (excludes halogenated alkanes) is 24. The Kier molecular flexibility index (Phi) is 50.1. The number of hydrogen-bond donors (Lipinski definition) is 9. The normalized spacial score (nSPS) is 24.3. The Labute approximate surface area is 515 Å². The van der Waals surface area contributed by atoms with Crippen LogP contribution in [0, 0.1) is 0 Å². The fourth-order valence-corrected chi connectivity index (χ4v) is 10.4. The standard InChI is InChI=1S/C71H121NO13/c1-3-5-7-9-11-13-15-17-18-19-20-21-22-23-24-25-26-27-28-29-30-31-32-33-34-35-36-37-38-39-40-41-42-43-45-47-49-51-53-55-63(76)72-59(60(75)54-52-50-48-46-44-16-14-12-10-8-6-4-2)58-82-70-68(81)66(79)69(62(57-74)84-70)85-71-67(80)65(78)64(77)61(56-73)83-71/h5,7,11,13,17-18,20-21,23-24,26-27,29-30,32-33,52,54,59-62,64-71,73-75,77-81H,3-4,6,8-10,12,14-16,19,22,25,28,31,34-51,53,55-58H2,1-2H3,(H,72,76)/b7-5-,13-11-,18-17-,21-20-,24-23-,27-26-,30-29-,33-32-,54-52+. The lowest BCUT2D eigenvalue weighted by Crippen LogP contribution is -2.65. The average Bonchev–Trinajstić information content (AvgIpc) is 3.60. The number of hydrogen-bond acceptors (Lipinski definition) is 13. The van der Waals surface area contributed by atoms with Gasteiger partial charge in [0.05, 0.1) is 32.0 Å². The highest BCUT2D eigenvalue weighted by molar-refractivity contribution is 5.76. The van der Waals surface area contributed by atoms with Gasteiger partial charge < -0.3 is 65.1 Å². The van der Waals surface area contributed by atoms with E-state index in [1.807, 2.05) is 6.08 Å². The third-order valence-corrected chi connectivity index (χ3v) is 15.7. The molecule has 0 bridgehead atoms. The highest BCUT2D eigenvalue weighted by Gasteiger charge is 2.51. The van der Waals surface area contributed by atoms with E-state index in [9.17, 15) is 45.6 Å². The second kappa shape index (κ2) is 54.8. The summed E-state index contributed by atoms with van der Waals surface area (Å²) in [5, 5.41) is 87.1. The van der Waals surface area contributed by atoms with Gasteiger partial charge in [0.2, 0.25) is 5.91 Å². The molecule has 2 aliphatic rings. The summed E-state index contributed by atoms with van der Waals surface area (Å²) >= 11 is 0. The maximum atomic E-state index is 13.3. The Morgan fingerprint density at radius 2 is 0.812 bits per heavy atom. The van der Waals surface area contributed by atoms with E-state index >= 15 is 0 Å². The maximum absolute atomic E-state index is 13.3. The predicted octanol–water partition coefficient (Wildman–Crippen LogP) is 13.2. The van der Waals surface area contributed by atoms with E-state index in [2.05, 4.69) is 116 Å². The summed E-state index contributed by atoms with van der Waals surface area (Å²) in [4.78, 5) is 13.3. The smallest absolute Gasteiger partial charge is 0.220 e. The Hall–Kier alpha value is -3.35. The molecule has 9 N–H and O–H groups in total. The first-order chi connectivity index (χ1) is 41.6. The van der Waals surface area contributed by atoms with Gasteiger partial charge in [-0.15, -0.1) is 0 Å². The number of allylic oxidation sites excluding steroid dienone is 17. The summed E-state index contributed by atoms with van der Waals surface area (Å²) in [6.07, 6.45) is 61.5. The molecule has 14 heteroatoms. The number of carbonyl (C=O) groups excluding carboxylic acids is 1. The van der Waals surface area contributed by atoms with Gasteiger partial charge in [0.1, 0.15) is 48.8 Å². The molecule has 0 saturated carbocycles. The SMILES string of the molecule is CC/C=C\C/C=C\C/C=C\C/C=C\C/C=C\C/C=C\C/C=C\C/C=C\CCCCCCCCCCCCCCCCC(=O)NC(COC1OC(CO)C(OC2OC(CO)C(O)C(O)C2O)C(O)C1O)C(O)/C=C/CCCCCCCCCCCC. The lowest BCUT2D eigenvalue weighted by Gasteiger charge is -2.46. The molecule has 2 saturated heterocycles. The Morgan fingerprint density at radius 3 is 1.25 bits per heavy atom. The summed E-state index contributed by atoms with van der Waals surface area (Å²) in [7, 11) is 0. The van der Waals surface area contributed by atoms with Crippen LogP contribution in [0.3, 0.4) is 0 Å². The minimum atomic E-state index is -1.79. The molecule has 488 valence electrons. The van der Waals surface area contributed by atoms with Crippen molar-refractivity contribution in [3.63, 3.8) is 0 Å². The Balaban J connectivity index is 1.59. The number of carbonyl (C=O) groups is 1. The fourth-order valence-electron chi connectivity index (χ4n) is 10.4. The molecular formula is C71H121NO13. The summed E-state index contributed by atoms with van der Waals surface area (Å²) in [6.45, 7) is 2.66. The molecule has 0 aromatic heterocycles. The van der Waals surface area contributed by atoms with Crippen LogP contribution in [0.4, 0.5) is 0 Å². The second-order valence-corrected chi connectivity index (χ2v) is 23.2. The molecule has 0 aromatic carbocycles. The van der Waals surface area contributed by atoms with Crippen molar-refractivity contribution in [3.8, 4) is 0 Å². The molecule has 12 atom stereocenters. The van der Waals surface area contributed by atoms with Crippen molar-refractivity contribution in [2.24, 2.45) is 0 Å². The number of aliphatic hydroxyl groups is 8. The van der Waals surface area contributed by atoms with Crippen LogP contribution in [0.15, 0.2) is 109 Å². The van der Waals surface area contributed by atoms with Gasteiger partial charge in [0.15, 0.2) is 12.6 Å². The molecule has 0 spiro atoms. The Morgan fingerprint density at radius 1 is 0.435 bits per heavy atom. The van der Waals surface area contributed by atoms with Gasteiger partial charge in [0, 0.05) is 6.42 Å². The van der Waals surface area contributed by atoms with Crippen LogP contribution in [-0.4, -0.2) is 140 Å². The molecule has 0 radical (unpaired) electrons. The molecule has 1 amide bonds. The number of amides is 1. The third kappa shape index (κ3) is 39.3. The van der Waals surface area contributed by atoms with Gasteiger partial charge in [0.25, 0.3) is 0 Å². The van der Waals surface area contributed by atoms with Crippen molar-refractivity contribution < 1.29 is 64.6 Å². The van der Waals surface area contributed by atoms with Gasteiger partial charge in [-0.25, -0.2) is 0 Å². The van der Waals surface area contributed by atoms with E-state index in [1.165, 1.54) is 122 Å². The van der Waals surface area contributed by atoms with Crippen molar-refractivity contribution in [2.45, 2.75) is 312 Å². The highest BCUT2D eigenvalue weighted by atomic mass is 16.7. The van der Waals surface area contributed by atoms with Crippen LogP contribution in [0.25, 0.3) is 0 Å². The van der Waals surface area contributed by atoms with Gasteiger partial charge in [-0.2, -0.15) is 0 Å². The van der Waals surface area contributed by atoms with Gasteiger partial charge in [-0.05, 0) is 83.5 Å². The van der Waals surface area contributed by atoms with Crippen LogP contribution >= 0.6 is 0 Å². The van der Waals surface area contributed by atoms with Crippen molar-refractivity contribution in [1.29, 1.82) is 0 Å². The van der Waals surface area contributed by atoms with Crippen molar-refractivity contribution in [3.05, 3.63) is 109 Å². The molecule has 2 heterocycles. The number of rotatable bonds is 53. The van der Waals surface area contributed by atoms with Crippen LogP contribution in [0.5, 0.6) is 0 Å². The lowest BCUT2D eigenvalue weighted by atomic mass is 9.97. The summed E-state index contributed by atoms with van der Waals surface area (Å²) in [5.41, 5.74) is 0. The second-order valence-electron chi connectivity index (χ2n) is 23.2. The van der Waals surface area contributed by atoms with Crippen LogP contribution in [0.1, 0.15) is 239 Å². The quantitative estimate of drug-likeness (QED) is 0.0204. The molecule has 0 aromatic rings. The van der Waals surface area contributed by atoms with Crippen molar-refractivity contribution in [2.75, 3.05) is 19.8 Å². The zero-order valence-electron chi connectivity index (χ0n) is 52.8. The first kappa shape index (κ1) is 77.7. The first-order valence-corrected chi connectivity index (χ1v) is 33.6. The molecule has 12 unspecified atom stereocenters. The van der Waals surface area contributed by atoms with E-state index in [1.54, 1.807) is 6.08 Å². The van der Waals surface area contributed by atoms with E-state index in [-0.39, 0.29) is 18.9 Å². The average molecular weight is 1200 g/mol. The molecular weight excluding hydrogens is 1070 g/mol. The van der Waals surface area contributed by atoms with E-state index in [0.29, 0.717) is 6.42 Å². The van der Waals surface area contributed by atoms with Crippen molar-refractivity contribution >= 4 is 5.91 Å². The predicted molar refractivity (Wildman–Crippen MR) is 345 cm³/mol. The minimum Gasteiger partial charge on any atom is -0.394 e. The monoisotopic (exact) mass is 1200 g/mol. The van der Waals surface area contributed by atoms with E-state index in [0.717, 1.165) is 89.9 Å². The summed E-state index contributed by atoms with van der Waals surface area (Å²) < 4.78 is 22.8. The van der Waals surface area contributed by atoms with Crippen LogP contribution < -0.4 is 5.32 Å². The fraction of sp³-hybridized carbons (Fsp3) is 0.732. The van der Waals surface area contributed by atoms with E-state index in [4.69, 9.17) is 18.9 Å². The first-order valence-electron chi connectivity index (χ1n) is 33.6. The van der Waals surface area contributed by atoms with Crippen molar-refractivity contribution in [1.82, 2.24) is 5.32 Å². The van der Waals surface area contributed by atoms with Crippen LogP contribution in [-0.2, 0) is 23.7 Å². The van der Waals surface area contributed by atoms with Gasteiger partial charge in [-0.3, -0.25) is 4.79 Å². The largest absolute Gasteiger partial charge is 0.394 e. The number of nitrogens with one attached hydrogen (secondary N) is 1. The summed E-state index contributed by atoms with van der Waals surface area (Å²) in [5.74, 6) is -0.244. The highest BCUT2D eigenvalue weighted by Crippen LogP contribution is 2.30. The lowest BCUT2D eigenvalue weighted by molar-refractivity contribution is -0.359. The molecule has 85 heavy (non-hydrogen) atoms. The topological polar surface area (TPSA) is 228 Å². The zero-order chi connectivity index (χ0) is 61.6. The number of ether oxygens (including phenoxy) is 4. The molecule has 0 aliphatic carbocycles. The molecule has 2 fully saturated rings. The summed E-state index contributed by atoms with van der Waals surface area (Å²) in [6, 6.07) is -0.919. The third-order valence-electron chi connectivity index (χ3n) is 15.7. The maximum Gasteiger partial charge on any atom is 0.220 e. The van der Waals surface area contributed by atoms with Gasteiger partial charge in [-0.1, -0.05) is 258 Å². The molecule has 2 aliphatic heterocycles. The molecule has 14 nitrogen and oxygen atoms in total.